The van der Waals surface area contributed by atoms with Crippen molar-refractivity contribution in [1.29, 1.82) is 0 Å². The molecule has 2 aromatic rings. The van der Waals surface area contributed by atoms with Crippen LogP contribution in [0.4, 0.5) is 5.82 Å². The summed E-state index contributed by atoms with van der Waals surface area (Å²) in [5.74, 6) is 2.27. The molecule has 0 bridgehead atoms. The molecule has 1 aliphatic heterocycles. The molecule has 5 heteroatoms. The van der Waals surface area contributed by atoms with E-state index in [1.54, 1.807) is 0 Å². The molecular formula is C13H18N4S. The molecule has 0 amide bonds. The van der Waals surface area contributed by atoms with Crippen LogP contribution in [0.3, 0.4) is 0 Å². The maximum absolute atomic E-state index is 4.57. The van der Waals surface area contributed by atoms with E-state index in [0.29, 0.717) is 0 Å². The Morgan fingerprint density at radius 2 is 2.39 bits per heavy atom. The van der Waals surface area contributed by atoms with Crippen LogP contribution in [0.25, 0.3) is 5.52 Å². The van der Waals surface area contributed by atoms with Crippen LogP contribution in [0.15, 0.2) is 18.5 Å². The molecule has 1 atom stereocenters. The Kier molecular flexibility index (Phi) is 3.16. The predicted octanol–water partition coefficient (Wildman–Crippen LogP) is 2.37. The number of fused-ring (bicyclic) bond motifs is 1. The molecule has 0 aromatic carbocycles. The van der Waals surface area contributed by atoms with Crippen molar-refractivity contribution in [2.24, 2.45) is 0 Å². The molecule has 0 aliphatic carbocycles. The lowest BCUT2D eigenvalue weighted by Crippen LogP contribution is -2.38. The molecule has 3 rings (SSSR count). The third kappa shape index (κ3) is 2.07. The van der Waals surface area contributed by atoms with E-state index in [-0.39, 0.29) is 0 Å². The smallest absolute Gasteiger partial charge is 0.154 e. The molecule has 3 heterocycles. The van der Waals surface area contributed by atoms with Gasteiger partial charge in [-0.3, -0.25) is 0 Å². The Labute approximate surface area is 111 Å². The average Bonchev–Trinajstić information content (AvgIpc) is 2.78. The highest BCUT2D eigenvalue weighted by Crippen LogP contribution is 2.27. The van der Waals surface area contributed by atoms with Gasteiger partial charge in [-0.25, -0.2) is 9.50 Å². The van der Waals surface area contributed by atoms with Crippen molar-refractivity contribution >= 4 is 23.1 Å². The van der Waals surface area contributed by atoms with Gasteiger partial charge in [0.1, 0.15) is 5.52 Å². The second kappa shape index (κ2) is 4.80. The summed E-state index contributed by atoms with van der Waals surface area (Å²) >= 11 is 2.08. The monoisotopic (exact) mass is 262 g/mol. The summed E-state index contributed by atoms with van der Waals surface area (Å²) in [6.45, 7) is 6.46. The van der Waals surface area contributed by atoms with Crippen LogP contribution in [0.1, 0.15) is 19.0 Å². The van der Waals surface area contributed by atoms with E-state index < -0.39 is 0 Å². The highest BCUT2D eigenvalue weighted by molar-refractivity contribution is 8.00. The summed E-state index contributed by atoms with van der Waals surface area (Å²) in [6, 6.07) is 2.12. The second-order valence-electron chi connectivity index (χ2n) is 4.71. The van der Waals surface area contributed by atoms with Crippen LogP contribution in [0, 0.1) is 6.92 Å². The fourth-order valence-corrected chi connectivity index (χ4v) is 3.61. The average molecular weight is 262 g/mol. The number of nitrogens with zero attached hydrogens (tertiary/aromatic N) is 4. The quantitative estimate of drug-likeness (QED) is 0.832. The molecule has 1 saturated heterocycles. The van der Waals surface area contributed by atoms with Crippen molar-refractivity contribution in [1.82, 2.24) is 14.6 Å². The number of anilines is 1. The molecule has 1 unspecified atom stereocenters. The van der Waals surface area contributed by atoms with E-state index >= 15 is 0 Å². The van der Waals surface area contributed by atoms with Crippen LogP contribution in [-0.2, 0) is 0 Å². The van der Waals surface area contributed by atoms with E-state index in [9.17, 15) is 0 Å². The van der Waals surface area contributed by atoms with Gasteiger partial charge >= 0.3 is 0 Å². The first kappa shape index (κ1) is 11.8. The molecule has 0 radical (unpaired) electrons. The first-order chi connectivity index (χ1) is 8.78. The molecule has 96 valence electrons. The normalized spacial score (nSPS) is 20.6. The van der Waals surface area contributed by atoms with Gasteiger partial charge < -0.3 is 4.90 Å². The zero-order valence-electron chi connectivity index (χ0n) is 10.8. The zero-order valence-corrected chi connectivity index (χ0v) is 11.7. The van der Waals surface area contributed by atoms with Crippen LogP contribution in [0.5, 0.6) is 0 Å². The van der Waals surface area contributed by atoms with Gasteiger partial charge in [-0.05, 0) is 19.4 Å². The van der Waals surface area contributed by atoms with Gasteiger partial charge in [-0.2, -0.15) is 16.9 Å². The van der Waals surface area contributed by atoms with Crippen molar-refractivity contribution in [2.45, 2.75) is 25.5 Å². The second-order valence-corrected chi connectivity index (χ2v) is 6.12. The molecule has 2 aromatic heterocycles. The van der Waals surface area contributed by atoms with Gasteiger partial charge in [0.2, 0.25) is 0 Å². The first-order valence-corrected chi connectivity index (χ1v) is 7.50. The van der Waals surface area contributed by atoms with Gasteiger partial charge in [0.05, 0.1) is 5.69 Å². The Balaban J connectivity index is 1.98. The Hall–Kier alpha value is -1.23. The maximum atomic E-state index is 4.57. The first-order valence-electron chi connectivity index (χ1n) is 6.45. The van der Waals surface area contributed by atoms with E-state index in [0.717, 1.165) is 35.4 Å². The lowest BCUT2D eigenvalue weighted by molar-refractivity contribution is 0.719. The molecule has 0 N–H and O–H groups in total. The minimum atomic E-state index is 0.727. The third-order valence-electron chi connectivity index (χ3n) is 3.39. The van der Waals surface area contributed by atoms with E-state index in [1.807, 2.05) is 23.8 Å². The number of thioether (sulfide) groups is 1. The Morgan fingerprint density at radius 1 is 1.50 bits per heavy atom. The molecule has 4 nitrogen and oxygen atoms in total. The predicted molar refractivity (Wildman–Crippen MR) is 76.5 cm³/mol. The number of aryl methyl sites for hydroxylation is 1. The topological polar surface area (TPSA) is 33.4 Å². The summed E-state index contributed by atoms with van der Waals surface area (Å²) in [5, 5.41) is 5.18. The van der Waals surface area contributed by atoms with Crippen molar-refractivity contribution in [3.63, 3.8) is 0 Å². The number of aromatic nitrogens is 3. The summed E-state index contributed by atoms with van der Waals surface area (Å²) in [7, 11) is 0. The van der Waals surface area contributed by atoms with Crippen LogP contribution < -0.4 is 4.90 Å². The summed E-state index contributed by atoms with van der Waals surface area (Å²) < 4.78 is 1.93. The summed E-state index contributed by atoms with van der Waals surface area (Å²) in [4.78, 5) is 6.97. The van der Waals surface area contributed by atoms with Crippen LogP contribution >= 0.6 is 11.8 Å². The third-order valence-corrected chi connectivity index (χ3v) is 4.76. The number of hydrogen-bond acceptors (Lipinski definition) is 4. The summed E-state index contributed by atoms with van der Waals surface area (Å²) in [6.07, 6.45) is 4.99. The molecule has 1 aliphatic rings. The Bertz CT molecular complexity index is 551. The van der Waals surface area contributed by atoms with Gasteiger partial charge in [0.15, 0.2) is 5.82 Å². The van der Waals surface area contributed by atoms with Crippen molar-refractivity contribution < 1.29 is 0 Å². The lowest BCUT2D eigenvalue weighted by Gasteiger charge is -2.32. The minimum absolute atomic E-state index is 0.727. The summed E-state index contributed by atoms with van der Waals surface area (Å²) in [5.41, 5.74) is 2.17. The molecule has 0 spiro atoms. The van der Waals surface area contributed by atoms with Gasteiger partial charge in [0, 0.05) is 36.5 Å². The van der Waals surface area contributed by atoms with Gasteiger partial charge in [-0.15, -0.1) is 0 Å². The van der Waals surface area contributed by atoms with Gasteiger partial charge in [0.25, 0.3) is 0 Å². The van der Waals surface area contributed by atoms with E-state index in [2.05, 4.69) is 39.7 Å². The molecular weight excluding hydrogens is 244 g/mol. The van der Waals surface area contributed by atoms with Crippen molar-refractivity contribution in [3.8, 4) is 0 Å². The standard InChI is InChI=1S/C13H18N4S/c1-3-11-9-16(6-7-18-11)13-12-8-10(2)15-17(12)5-4-14-13/h4-5,8,11H,3,6-7,9H2,1-2H3. The molecule has 1 fully saturated rings. The molecule has 18 heavy (non-hydrogen) atoms. The largest absolute Gasteiger partial charge is 0.353 e. The van der Waals surface area contributed by atoms with Gasteiger partial charge in [-0.1, -0.05) is 6.92 Å². The lowest BCUT2D eigenvalue weighted by atomic mass is 10.3. The zero-order chi connectivity index (χ0) is 12.5. The van der Waals surface area contributed by atoms with Crippen LogP contribution in [0.2, 0.25) is 0 Å². The fraction of sp³-hybridized carbons (Fsp3) is 0.538. The number of hydrogen-bond donors (Lipinski definition) is 0. The van der Waals surface area contributed by atoms with Crippen LogP contribution in [-0.4, -0.2) is 38.7 Å². The number of rotatable bonds is 2. The highest BCUT2D eigenvalue weighted by Gasteiger charge is 2.21. The SMILES string of the molecule is CCC1CN(c2nccn3nc(C)cc23)CCS1. The van der Waals surface area contributed by atoms with E-state index in [1.165, 1.54) is 12.2 Å². The highest BCUT2D eigenvalue weighted by atomic mass is 32.2. The van der Waals surface area contributed by atoms with Crippen molar-refractivity contribution in [2.75, 3.05) is 23.7 Å². The fourth-order valence-electron chi connectivity index (χ4n) is 2.43. The van der Waals surface area contributed by atoms with E-state index in [4.69, 9.17) is 0 Å². The Morgan fingerprint density at radius 3 is 3.22 bits per heavy atom. The maximum Gasteiger partial charge on any atom is 0.154 e. The minimum Gasteiger partial charge on any atom is -0.353 e. The van der Waals surface area contributed by atoms with Crippen molar-refractivity contribution in [3.05, 3.63) is 24.2 Å². The molecule has 0 saturated carbocycles.